The van der Waals surface area contributed by atoms with Crippen molar-refractivity contribution >= 4 is 27.3 Å². The topological polar surface area (TPSA) is 75.7 Å². The highest BCUT2D eigenvalue weighted by atomic mass is 32.2. The summed E-state index contributed by atoms with van der Waals surface area (Å²) >= 11 is 0. The van der Waals surface area contributed by atoms with E-state index in [1.54, 1.807) is 37.3 Å². The molecular weight excluding hydrogens is 400 g/mol. The molecule has 0 atom stereocenters. The smallest absolute Gasteiger partial charge is 0.255 e. The van der Waals surface area contributed by atoms with Gasteiger partial charge in [-0.15, -0.1) is 0 Å². The fourth-order valence-electron chi connectivity index (χ4n) is 3.43. The quantitative estimate of drug-likeness (QED) is 0.637. The molecule has 7 heteroatoms. The maximum atomic E-state index is 12.9. The summed E-state index contributed by atoms with van der Waals surface area (Å²) in [6, 6.07) is 21.7. The van der Waals surface area contributed by atoms with Gasteiger partial charge in [0.2, 0.25) is 10.0 Å². The zero-order valence-electron chi connectivity index (χ0n) is 16.5. The summed E-state index contributed by atoms with van der Waals surface area (Å²) in [5, 5.41) is 2.90. The van der Waals surface area contributed by atoms with Crippen molar-refractivity contribution in [2.75, 3.05) is 21.9 Å². The molecule has 1 aliphatic rings. The zero-order valence-corrected chi connectivity index (χ0v) is 17.4. The molecule has 3 aromatic carbocycles. The third kappa shape index (κ3) is 4.02. The van der Waals surface area contributed by atoms with Crippen LogP contribution in [0.3, 0.4) is 0 Å². The Bertz CT molecular complexity index is 1180. The predicted molar refractivity (Wildman–Crippen MR) is 118 cm³/mol. The molecule has 0 radical (unpaired) electrons. The summed E-state index contributed by atoms with van der Waals surface area (Å²) in [7, 11) is -3.31. The Hall–Kier alpha value is -3.32. The first-order valence-electron chi connectivity index (χ1n) is 9.74. The van der Waals surface area contributed by atoms with Crippen LogP contribution in [-0.2, 0) is 16.4 Å². The molecule has 3 aromatic rings. The van der Waals surface area contributed by atoms with Gasteiger partial charge in [0.25, 0.3) is 5.91 Å². The van der Waals surface area contributed by atoms with Crippen LogP contribution in [0.4, 0.5) is 11.4 Å². The van der Waals surface area contributed by atoms with Gasteiger partial charge >= 0.3 is 0 Å². The molecular formula is C23H22N2O4S. The van der Waals surface area contributed by atoms with E-state index in [0.29, 0.717) is 41.4 Å². The molecule has 0 aromatic heterocycles. The van der Waals surface area contributed by atoms with Gasteiger partial charge in [-0.2, -0.15) is 0 Å². The number of nitrogens with zero attached hydrogens (tertiary/aromatic N) is 1. The van der Waals surface area contributed by atoms with E-state index in [1.165, 1.54) is 4.31 Å². The molecule has 6 nitrogen and oxygen atoms in total. The van der Waals surface area contributed by atoms with Crippen molar-refractivity contribution in [3.8, 4) is 11.5 Å². The minimum absolute atomic E-state index is 0.0485. The first-order chi connectivity index (χ1) is 14.5. The van der Waals surface area contributed by atoms with E-state index in [0.717, 1.165) is 5.56 Å². The van der Waals surface area contributed by atoms with Crippen LogP contribution in [0.5, 0.6) is 11.5 Å². The molecule has 1 amide bonds. The molecule has 4 rings (SSSR count). The van der Waals surface area contributed by atoms with Crippen molar-refractivity contribution in [1.29, 1.82) is 0 Å². The van der Waals surface area contributed by atoms with Crippen molar-refractivity contribution in [3.05, 3.63) is 83.9 Å². The van der Waals surface area contributed by atoms with Gasteiger partial charge in [0.1, 0.15) is 5.75 Å². The number of hydrogen-bond acceptors (Lipinski definition) is 4. The van der Waals surface area contributed by atoms with Gasteiger partial charge < -0.3 is 10.1 Å². The predicted octanol–water partition coefficient (Wildman–Crippen LogP) is 4.44. The molecule has 0 spiro atoms. The lowest BCUT2D eigenvalue weighted by Crippen LogP contribution is -2.30. The average molecular weight is 423 g/mol. The molecule has 30 heavy (non-hydrogen) atoms. The first-order valence-corrected chi connectivity index (χ1v) is 11.4. The Balaban J connectivity index is 1.55. The van der Waals surface area contributed by atoms with Crippen LogP contribution in [-0.4, -0.2) is 26.6 Å². The number of benzene rings is 3. The lowest BCUT2D eigenvalue weighted by atomic mass is 10.1. The Labute approximate surface area is 176 Å². The van der Waals surface area contributed by atoms with Gasteiger partial charge in [0.05, 0.1) is 17.1 Å². The lowest BCUT2D eigenvalue weighted by molar-refractivity contribution is 0.102. The fourth-order valence-corrected chi connectivity index (χ4v) is 4.59. The second-order valence-corrected chi connectivity index (χ2v) is 9.11. The number of carbonyl (C=O) groups is 1. The van der Waals surface area contributed by atoms with Gasteiger partial charge in [-0.05, 0) is 61.4 Å². The number of hydrogen-bond donors (Lipinski definition) is 1. The van der Waals surface area contributed by atoms with Crippen LogP contribution in [0.15, 0.2) is 72.8 Å². The van der Waals surface area contributed by atoms with E-state index >= 15 is 0 Å². The third-order valence-corrected chi connectivity index (χ3v) is 6.78. The molecule has 0 unspecified atom stereocenters. The average Bonchev–Trinajstić information content (AvgIpc) is 3.20. The van der Waals surface area contributed by atoms with Crippen LogP contribution in [0, 0.1) is 0 Å². The summed E-state index contributed by atoms with van der Waals surface area (Å²) in [6.07, 6.45) is 0.587. The van der Waals surface area contributed by atoms with Crippen molar-refractivity contribution in [3.63, 3.8) is 0 Å². The highest BCUT2D eigenvalue weighted by molar-refractivity contribution is 7.92. The number of anilines is 2. The van der Waals surface area contributed by atoms with Gasteiger partial charge in [-0.25, -0.2) is 8.42 Å². The molecule has 1 heterocycles. The number of sulfonamides is 1. The number of fused-ring (bicyclic) bond motifs is 1. The van der Waals surface area contributed by atoms with Gasteiger partial charge in [-0.1, -0.05) is 30.3 Å². The van der Waals surface area contributed by atoms with E-state index in [-0.39, 0.29) is 11.7 Å². The van der Waals surface area contributed by atoms with Gasteiger partial charge in [0.15, 0.2) is 5.75 Å². The molecule has 0 saturated carbocycles. The van der Waals surface area contributed by atoms with Crippen molar-refractivity contribution in [2.45, 2.75) is 13.3 Å². The van der Waals surface area contributed by atoms with Crippen molar-refractivity contribution in [2.24, 2.45) is 0 Å². The normalized spacial score (nSPS) is 13.0. The summed E-state index contributed by atoms with van der Waals surface area (Å²) < 4.78 is 31.8. The Morgan fingerprint density at radius 1 is 1.03 bits per heavy atom. The minimum atomic E-state index is -3.31. The zero-order chi connectivity index (χ0) is 21.1. The van der Waals surface area contributed by atoms with Crippen LogP contribution < -0.4 is 14.4 Å². The van der Waals surface area contributed by atoms with Crippen LogP contribution in [0.2, 0.25) is 0 Å². The number of nitrogens with one attached hydrogen (secondary N) is 1. The van der Waals surface area contributed by atoms with E-state index in [2.05, 4.69) is 5.32 Å². The number of rotatable bonds is 6. The van der Waals surface area contributed by atoms with Gasteiger partial charge in [-0.3, -0.25) is 9.10 Å². The molecule has 0 bridgehead atoms. The van der Waals surface area contributed by atoms with E-state index in [4.69, 9.17) is 4.74 Å². The second-order valence-electron chi connectivity index (χ2n) is 6.93. The lowest BCUT2D eigenvalue weighted by Gasteiger charge is -2.18. The van der Waals surface area contributed by atoms with E-state index < -0.39 is 10.0 Å². The highest BCUT2D eigenvalue weighted by Gasteiger charge is 2.28. The highest BCUT2D eigenvalue weighted by Crippen LogP contribution is 2.33. The van der Waals surface area contributed by atoms with Crippen molar-refractivity contribution in [1.82, 2.24) is 0 Å². The Morgan fingerprint density at radius 2 is 1.77 bits per heavy atom. The van der Waals surface area contributed by atoms with Crippen LogP contribution in [0.25, 0.3) is 0 Å². The number of carbonyl (C=O) groups excluding carboxylic acids is 1. The molecule has 0 fully saturated rings. The third-order valence-electron chi connectivity index (χ3n) is 5.00. The Morgan fingerprint density at radius 3 is 2.53 bits per heavy atom. The maximum absolute atomic E-state index is 12.9. The molecule has 1 N–H and O–H groups in total. The van der Waals surface area contributed by atoms with E-state index in [9.17, 15) is 13.2 Å². The van der Waals surface area contributed by atoms with Gasteiger partial charge in [0, 0.05) is 12.1 Å². The fraction of sp³-hybridized carbons (Fsp3) is 0.174. The van der Waals surface area contributed by atoms with Crippen molar-refractivity contribution < 1.29 is 17.9 Å². The monoisotopic (exact) mass is 422 g/mol. The minimum Gasteiger partial charge on any atom is -0.455 e. The molecule has 154 valence electrons. The SMILES string of the molecule is CCS(=O)(=O)N1CCc2cc(C(=O)Nc3ccccc3Oc3ccccc3)ccc21. The molecule has 1 aliphatic heterocycles. The maximum Gasteiger partial charge on any atom is 0.255 e. The van der Waals surface area contributed by atoms with Crippen LogP contribution in [0.1, 0.15) is 22.8 Å². The summed E-state index contributed by atoms with van der Waals surface area (Å²) in [4.78, 5) is 12.9. The summed E-state index contributed by atoms with van der Waals surface area (Å²) in [5.74, 6) is 0.985. The summed E-state index contributed by atoms with van der Waals surface area (Å²) in [5.41, 5.74) is 2.54. The summed E-state index contributed by atoms with van der Waals surface area (Å²) in [6.45, 7) is 2.04. The Kier molecular flexibility index (Phi) is 5.46. The number of para-hydroxylation sites is 3. The first kappa shape index (κ1) is 20.0. The van der Waals surface area contributed by atoms with Crippen LogP contribution >= 0.6 is 0 Å². The standard InChI is InChI=1S/C23H22N2O4S/c1-2-30(27,28)25-15-14-17-16-18(12-13-21(17)25)23(26)24-20-10-6-7-11-22(20)29-19-8-4-3-5-9-19/h3-13,16H,2,14-15H2,1H3,(H,24,26). The van der Waals surface area contributed by atoms with E-state index in [1.807, 2.05) is 42.5 Å². The second kappa shape index (κ2) is 8.20. The number of ether oxygens (including phenoxy) is 1. The molecule has 0 aliphatic carbocycles. The largest absolute Gasteiger partial charge is 0.455 e. The number of amides is 1. The molecule has 0 saturated heterocycles.